The van der Waals surface area contributed by atoms with Gasteiger partial charge in [-0.2, -0.15) is 13.2 Å². The third kappa shape index (κ3) is 4.13. The smallest absolute Gasteiger partial charge is 0.327 e. The second-order valence-corrected chi connectivity index (χ2v) is 6.44. The zero-order chi connectivity index (χ0) is 19.8. The Kier molecular flexibility index (Phi) is 4.97. The lowest BCUT2D eigenvalue weighted by atomic mass is 10.1. The number of nitrogens with zero attached hydrogens (tertiary/aromatic N) is 1. The quantitative estimate of drug-likeness (QED) is 0.832. The fourth-order valence-electron chi connectivity index (χ4n) is 2.75. The van der Waals surface area contributed by atoms with Crippen LogP contribution in [0.15, 0.2) is 41.3 Å². The molecule has 0 aliphatic carbocycles. The van der Waals surface area contributed by atoms with E-state index in [0.29, 0.717) is 23.0 Å². The molecule has 0 spiro atoms. The molecule has 142 valence electrons. The first-order valence-corrected chi connectivity index (χ1v) is 8.19. The minimum atomic E-state index is -4.67. The summed E-state index contributed by atoms with van der Waals surface area (Å²) in [6.45, 7) is 0.0296. The van der Waals surface area contributed by atoms with Crippen LogP contribution in [0.5, 0.6) is 0 Å². The molecule has 1 atom stereocenters. The van der Waals surface area contributed by atoms with Crippen molar-refractivity contribution >= 4 is 34.8 Å². The Bertz CT molecular complexity index is 958. The Morgan fingerprint density at radius 1 is 1.26 bits per heavy atom. The predicted molar refractivity (Wildman–Crippen MR) is 92.6 cm³/mol. The van der Waals surface area contributed by atoms with Crippen molar-refractivity contribution in [3.8, 4) is 0 Å². The van der Waals surface area contributed by atoms with Gasteiger partial charge < -0.3 is 15.2 Å². The molecule has 1 aliphatic heterocycles. The van der Waals surface area contributed by atoms with Crippen molar-refractivity contribution in [2.75, 3.05) is 16.8 Å². The Hall–Kier alpha value is -2.81. The zero-order valence-electron chi connectivity index (χ0n) is 13.6. The standard InChI is InChI=1S/C17H13ClF3N3O3/c18-11-2-1-3-12(6-11)24-8-9(4-14(24)25)15(26)23-13-5-10(17(19,20)21)7-22-16(13)27/h1-3,5-7,9H,4,8H2,(H,22,27)(H,23,26). The van der Waals surface area contributed by atoms with Crippen LogP contribution in [0.1, 0.15) is 12.0 Å². The molecule has 1 aromatic carbocycles. The summed E-state index contributed by atoms with van der Waals surface area (Å²) >= 11 is 5.90. The lowest BCUT2D eigenvalue weighted by molar-refractivity contribution is -0.137. The maximum absolute atomic E-state index is 12.8. The van der Waals surface area contributed by atoms with Crippen molar-refractivity contribution in [3.63, 3.8) is 0 Å². The molecule has 1 fully saturated rings. The number of amides is 2. The van der Waals surface area contributed by atoms with E-state index < -0.39 is 34.8 Å². The Morgan fingerprint density at radius 3 is 2.67 bits per heavy atom. The van der Waals surface area contributed by atoms with E-state index in [2.05, 4.69) is 5.32 Å². The van der Waals surface area contributed by atoms with Crippen LogP contribution in [0.25, 0.3) is 0 Å². The maximum atomic E-state index is 12.8. The van der Waals surface area contributed by atoms with Crippen molar-refractivity contribution in [3.05, 3.63) is 57.5 Å². The summed E-state index contributed by atoms with van der Waals surface area (Å²) in [6.07, 6.45) is -4.27. The molecule has 3 rings (SSSR count). The Morgan fingerprint density at radius 2 is 2.00 bits per heavy atom. The number of aromatic amines is 1. The molecule has 2 amide bonds. The van der Waals surface area contributed by atoms with Gasteiger partial charge in [0.2, 0.25) is 11.8 Å². The third-order valence-electron chi connectivity index (χ3n) is 4.10. The van der Waals surface area contributed by atoms with Gasteiger partial charge in [0.05, 0.1) is 11.5 Å². The van der Waals surface area contributed by atoms with E-state index >= 15 is 0 Å². The SMILES string of the molecule is O=C(Nc1cc(C(F)(F)F)c[nH]c1=O)C1CC(=O)N(c2cccc(Cl)c2)C1. The van der Waals surface area contributed by atoms with Gasteiger partial charge in [-0.05, 0) is 24.3 Å². The number of anilines is 2. The van der Waals surface area contributed by atoms with Gasteiger partial charge in [-0.1, -0.05) is 17.7 Å². The summed E-state index contributed by atoms with van der Waals surface area (Å²) in [7, 11) is 0. The lowest BCUT2D eigenvalue weighted by Gasteiger charge is -2.17. The van der Waals surface area contributed by atoms with Crippen molar-refractivity contribution in [1.29, 1.82) is 0 Å². The van der Waals surface area contributed by atoms with Gasteiger partial charge in [0.15, 0.2) is 0 Å². The van der Waals surface area contributed by atoms with Crippen molar-refractivity contribution < 1.29 is 22.8 Å². The number of pyridine rings is 1. The second-order valence-electron chi connectivity index (χ2n) is 6.00. The van der Waals surface area contributed by atoms with Crippen molar-refractivity contribution in [2.45, 2.75) is 12.6 Å². The fraction of sp³-hybridized carbons (Fsp3) is 0.235. The fourth-order valence-corrected chi connectivity index (χ4v) is 2.94. The Balaban J connectivity index is 1.76. The lowest BCUT2D eigenvalue weighted by Crippen LogP contribution is -2.30. The first kappa shape index (κ1) is 19.0. The van der Waals surface area contributed by atoms with E-state index in [0.717, 1.165) is 0 Å². The summed E-state index contributed by atoms with van der Waals surface area (Å²) in [6, 6.07) is 7.07. The number of hydrogen-bond donors (Lipinski definition) is 2. The first-order chi connectivity index (χ1) is 12.6. The zero-order valence-corrected chi connectivity index (χ0v) is 14.4. The number of carbonyl (C=O) groups is 2. The van der Waals surface area contributed by atoms with Crippen molar-refractivity contribution in [1.82, 2.24) is 4.98 Å². The maximum Gasteiger partial charge on any atom is 0.417 e. The summed E-state index contributed by atoms with van der Waals surface area (Å²) < 4.78 is 38.3. The van der Waals surface area contributed by atoms with Gasteiger partial charge in [-0.3, -0.25) is 14.4 Å². The van der Waals surface area contributed by atoms with Gasteiger partial charge in [-0.25, -0.2) is 0 Å². The number of alkyl halides is 3. The van der Waals surface area contributed by atoms with E-state index in [4.69, 9.17) is 11.6 Å². The molecule has 27 heavy (non-hydrogen) atoms. The third-order valence-corrected chi connectivity index (χ3v) is 4.34. The molecule has 1 saturated heterocycles. The highest BCUT2D eigenvalue weighted by atomic mass is 35.5. The number of aromatic nitrogens is 1. The highest BCUT2D eigenvalue weighted by molar-refractivity contribution is 6.31. The molecule has 6 nitrogen and oxygen atoms in total. The summed E-state index contributed by atoms with van der Waals surface area (Å²) in [5.74, 6) is -1.85. The molecule has 2 heterocycles. The van der Waals surface area contributed by atoms with Crippen molar-refractivity contribution in [2.24, 2.45) is 5.92 Å². The van der Waals surface area contributed by atoms with Crippen LogP contribution in [0.4, 0.5) is 24.5 Å². The van der Waals surface area contributed by atoms with Crippen LogP contribution >= 0.6 is 11.6 Å². The van der Waals surface area contributed by atoms with Gasteiger partial charge in [-0.15, -0.1) is 0 Å². The number of H-pyrrole nitrogens is 1. The number of nitrogens with one attached hydrogen (secondary N) is 2. The van der Waals surface area contributed by atoms with Crippen LogP contribution < -0.4 is 15.8 Å². The van der Waals surface area contributed by atoms with Gasteiger partial charge in [0.1, 0.15) is 5.69 Å². The molecule has 1 unspecified atom stereocenters. The van der Waals surface area contributed by atoms with Crippen LogP contribution in [-0.4, -0.2) is 23.3 Å². The topological polar surface area (TPSA) is 82.3 Å². The molecular weight excluding hydrogens is 387 g/mol. The van der Waals surface area contributed by atoms with Crippen LogP contribution in [-0.2, 0) is 15.8 Å². The van der Waals surface area contributed by atoms with E-state index in [1.165, 1.54) is 4.90 Å². The average Bonchev–Trinajstić information content (AvgIpc) is 2.98. The molecule has 2 aromatic rings. The minimum absolute atomic E-state index is 0.0296. The van der Waals surface area contributed by atoms with E-state index in [1.807, 2.05) is 4.98 Å². The molecule has 1 aliphatic rings. The number of rotatable bonds is 3. The van der Waals surface area contributed by atoms with E-state index in [9.17, 15) is 27.6 Å². The highest BCUT2D eigenvalue weighted by Gasteiger charge is 2.36. The summed E-state index contributed by atoms with van der Waals surface area (Å²) in [5, 5.41) is 2.60. The van der Waals surface area contributed by atoms with Crippen LogP contribution in [0.3, 0.4) is 0 Å². The monoisotopic (exact) mass is 399 g/mol. The molecule has 0 bridgehead atoms. The van der Waals surface area contributed by atoms with Crippen LogP contribution in [0, 0.1) is 5.92 Å². The highest BCUT2D eigenvalue weighted by Crippen LogP contribution is 2.30. The first-order valence-electron chi connectivity index (χ1n) is 7.82. The van der Waals surface area contributed by atoms with E-state index in [1.54, 1.807) is 24.3 Å². The molecule has 10 heteroatoms. The second kappa shape index (κ2) is 7.07. The van der Waals surface area contributed by atoms with Gasteiger partial charge >= 0.3 is 6.18 Å². The number of benzene rings is 1. The molecule has 2 N–H and O–H groups in total. The van der Waals surface area contributed by atoms with E-state index in [-0.39, 0.29) is 18.9 Å². The molecule has 0 saturated carbocycles. The largest absolute Gasteiger partial charge is 0.417 e. The molecular formula is C17H13ClF3N3O3. The summed E-state index contributed by atoms with van der Waals surface area (Å²) in [4.78, 5) is 39.6. The average molecular weight is 400 g/mol. The normalized spacial score (nSPS) is 17.3. The number of hydrogen-bond acceptors (Lipinski definition) is 3. The van der Waals surface area contributed by atoms with Crippen LogP contribution in [0.2, 0.25) is 5.02 Å². The Labute approximate surface area is 155 Å². The van der Waals surface area contributed by atoms with Gasteiger partial charge in [0, 0.05) is 29.9 Å². The minimum Gasteiger partial charge on any atom is -0.327 e. The van der Waals surface area contributed by atoms with Gasteiger partial charge in [0.25, 0.3) is 5.56 Å². The number of carbonyl (C=O) groups excluding carboxylic acids is 2. The molecule has 1 aromatic heterocycles. The predicted octanol–water partition coefficient (Wildman–Crippen LogP) is 3.04. The number of halogens is 4. The summed E-state index contributed by atoms with van der Waals surface area (Å²) in [5.41, 5.74) is -1.98. The molecule has 0 radical (unpaired) electrons.